The zero-order valence-electron chi connectivity index (χ0n) is 17.4. The van der Waals surface area contributed by atoms with E-state index in [1.54, 1.807) is 18.2 Å². The lowest BCUT2D eigenvalue weighted by atomic mass is 10.1. The van der Waals surface area contributed by atoms with E-state index in [1.165, 1.54) is 6.07 Å². The van der Waals surface area contributed by atoms with E-state index in [9.17, 15) is 22.8 Å². The summed E-state index contributed by atoms with van der Waals surface area (Å²) in [6, 6.07) is 7.98. The third-order valence-electron chi connectivity index (χ3n) is 5.99. The molecule has 3 heterocycles. The largest absolute Gasteiger partial charge is 0.416 e. The van der Waals surface area contributed by atoms with Gasteiger partial charge in [-0.05, 0) is 55.7 Å². The van der Waals surface area contributed by atoms with Gasteiger partial charge in [0.15, 0.2) is 5.69 Å². The highest BCUT2D eigenvalue weighted by molar-refractivity contribution is 6.04. The molecule has 33 heavy (non-hydrogen) atoms. The zero-order chi connectivity index (χ0) is 23.3. The minimum absolute atomic E-state index is 0.0153. The van der Waals surface area contributed by atoms with Crippen LogP contribution in [0, 0.1) is 0 Å². The van der Waals surface area contributed by atoms with Crippen LogP contribution in [0.15, 0.2) is 41.2 Å². The molecular formula is C23H20F3N5O2. The number of alkyl halides is 3. The maximum atomic E-state index is 13.1. The number of anilines is 1. The van der Waals surface area contributed by atoms with Crippen molar-refractivity contribution in [3.8, 4) is 11.4 Å². The molecule has 0 radical (unpaired) electrons. The number of nitrogens with one attached hydrogen (secondary N) is 2. The van der Waals surface area contributed by atoms with Gasteiger partial charge in [-0.1, -0.05) is 0 Å². The molecule has 4 N–H and O–H groups in total. The van der Waals surface area contributed by atoms with Gasteiger partial charge in [0.2, 0.25) is 0 Å². The van der Waals surface area contributed by atoms with Crippen LogP contribution in [0.3, 0.4) is 0 Å². The van der Waals surface area contributed by atoms with Crippen molar-refractivity contribution >= 4 is 33.5 Å². The van der Waals surface area contributed by atoms with Crippen LogP contribution in [0.25, 0.3) is 33.3 Å². The highest BCUT2D eigenvalue weighted by Gasteiger charge is 2.31. The topological polar surface area (TPSA) is 108 Å². The Morgan fingerprint density at radius 3 is 2.45 bits per heavy atom. The molecule has 0 bridgehead atoms. The fourth-order valence-corrected chi connectivity index (χ4v) is 4.24. The van der Waals surface area contributed by atoms with Crippen LogP contribution in [-0.2, 0) is 6.18 Å². The SMILES string of the molecule is Nc1c(-c2nc3cc(C(F)(F)F)ccc3[nH]c2=O)[nH]c2ccc(C(=O)N3CCCCC3)cc12. The molecule has 1 amide bonds. The fourth-order valence-electron chi connectivity index (χ4n) is 4.24. The Labute approximate surface area is 185 Å². The molecule has 7 nitrogen and oxygen atoms in total. The number of piperidine rings is 1. The summed E-state index contributed by atoms with van der Waals surface area (Å²) in [7, 11) is 0. The number of nitrogens with zero attached hydrogens (tertiary/aromatic N) is 2. The van der Waals surface area contributed by atoms with Crippen LogP contribution in [0.5, 0.6) is 0 Å². The monoisotopic (exact) mass is 455 g/mol. The third kappa shape index (κ3) is 3.71. The second-order valence-electron chi connectivity index (χ2n) is 8.17. The van der Waals surface area contributed by atoms with Crippen LogP contribution in [0.1, 0.15) is 35.2 Å². The highest BCUT2D eigenvalue weighted by Crippen LogP contribution is 2.33. The third-order valence-corrected chi connectivity index (χ3v) is 5.99. The van der Waals surface area contributed by atoms with E-state index in [0.717, 1.165) is 31.4 Å². The van der Waals surface area contributed by atoms with Gasteiger partial charge in [0.1, 0.15) is 0 Å². The lowest BCUT2D eigenvalue weighted by Crippen LogP contribution is -2.35. The van der Waals surface area contributed by atoms with Crippen molar-refractivity contribution in [3.05, 3.63) is 57.9 Å². The second-order valence-corrected chi connectivity index (χ2v) is 8.17. The molecule has 0 atom stereocenters. The standard InChI is InChI=1S/C23H20F3N5O2/c24-23(25,26)13-5-7-16-17(11-13)29-20(21(32)30-16)19-18(27)14-10-12(4-6-15(14)28-19)22(33)31-8-2-1-3-9-31/h4-7,10-11,28H,1-3,8-9,27H2,(H,30,32). The van der Waals surface area contributed by atoms with Crippen LogP contribution < -0.4 is 11.3 Å². The molecule has 0 unspecified atom stereocenters. The minimum Gasteiger partial charge on any atom is -0.396 e. The fraction of sp³-hybridized carbons (Fsp3) is 0.261. The van der Waals surface area contributed by atoms with Crippen LogP contribution in [0.2, 0.25) is 0 Å². The number of rotatable bonds is 2. The maximum absolute atomic E-state index is 13.1. The average molecular weight is 455 g/mol. The molecule has 0 saturated carbocycles. The summed E-state index contributed by atoms with van der Waals surface area (Å²) in [6.07, 6.45) is -1.49. The number of fused-ring (bicyclic) bond motifs is 2. The summed E-state index contributed by atoms with van der Waals surface area (Å²) in [5, 5.41) is 0.540. The first-order valence-electron chi connectivity index (χ1n) is 10.5. The molecule has 2 aromatic heterocycles. The number of nitrogens with two attached hydrogens (primary N) is 1. The van der Waals surface area contributed by atoms with Crippen molar-refractivity contribution in [2.24, 2.45) is 0 Å². The van der Waals surface area contributed by atoms with Crippen molar-refractivity contribution in [3.63, 3.8) is 0 Å². The molecule has 1 fully saturated rings. The van der Waals surface area contributed by atoms with E-state index in [1.807, 2.05) is 4.90 Å². The number of halogens is 3. The van der Waals surface area contributed by atoms with E-state index in [-0.39, 0.29) is 34.0 Å². The van der Waals surface area contributed by atoms with E-state index >= 15 is 0 Å². The van der Waals surface area contributed by atoms with Gasteiger partial charge < -0.3 is 20.6 Å². The van der Waals surface area contributed by atoms with Crippen LogP contribution >= 0.6 is 0 Å². The second kappa shape index (κ2) is 7.65. The Morgan fingerprint density at radius 1 is 1.00 bits per heavy atom. The van der Waals surface area contributed by atoms with Crippen LogP contribution in [0.4, 0.5) is 18.9 Å². The highest BCUT2D eigenvalue weighted by atomic mass is 19.4. The lowest BCUT2D eigenvalue weighted by molar-refractivity contribution is -0.137. The van der Waals surface area contributed by atoms with Crippen LogP contribution in [-0.4, -0.2) is 38.8 Å². The molecule has 1 aliphatic rings. The number of nitrogen functional groups attached to an aromatic ring is 1. The van der Waals surface area contributed by atoms with Gasteiger partial charge in [-0.3, -0.25) is 9.59 Å². The maximum Gasteiger partial charge on any atom is 0.416 e. The van der Waals surface area contributed by atoms with Crippen molar-refractivity contribution in [1.29, 1.82) is 0 Å². The lowest BCUT2D eigenvalue weighted by Gasteiger charge is -2.26. The van der Waals surface area contributed by atoms with Gasteiger partial charge in [-0.15, -0.1) is 0 Å². The quantitative estimate of drug-likeness (QED) is 0.419. The number of hydrogen-bond donors (Lipinski definition) is 3. The summed E-state index contributed by atoms with van der Waals surface area (Å²) in [5.41, 5.74) is 6.33. The average Bonchev–Trinajstić information content (AvgIpc) is 3.13. The minimum atomic E-state index is -4.54. The predicted molar refractivity (Wildman–Crippen MR) is 119 cm³/mol. The first-order chi connectivity index (χ1) is 15.7. The summed E-state index contributed by atoms with van der Waals surface area (Å²) in [4.78, 5) is 37.1. The summed E-state index contributed by atoms with van der Waals surface area (Å²) in [5.74, 6) is -0.0832. The summed E-state index contributed by atoms with van der Waals surface area (Å²) < 4.78 is 39.3. The van der Waals surface area contributed by atoms with Gasteiger partial charge in [0, 0.05) is 29.6 Å². The summed E-state index contributed by atoms with van der Waals surface area (Å²) >= 11 is 0. The van der Waals surface area contributed by atoms with E-state index in [2.05, 4.69) is 15.0 Å². The molecular weight excluding hydrogens is 435 g/mol. The smallest absolute Gasteiger partial charge is 0.396 e. The van der Waals surface area contributed by atoms with Crippen molar-refractivity contribution in [2.45, 2.75) is 25.4 Å². The molecule has 10 heteroatoms. The number of aromatic nitrogens is 3. The Bertz CT molecular complexity index is 1450. The van der Waals surface area contributed by atoms with Crippen molar-refractivity contribution in [1.82, 2.24) is 19.9 Å². The molecule has 0 spiro atoms. The molecule has 0 aliphatic carbocycles. The Morgan fingerprint density at radius 2 is 1.73 bits per heavy atom. The number of likely N-dealkylation sites (tertiary alicyclic amines) is 1. The molecule has 170 valence electrons. The van der Waals surface area contributed by atoms with Gasteiger partial charge in [-0.25, -0.2) is 4.98 Å². The van der Waals surface area contributed by atoms with Gasteiger partial charge >= 0.3 is 6.18 Å². The van der Waals surface area contributed by atoms with Crippen molar-refractivity contribution < 1.29 is 18.0 Å². The number of hydrogen-bond acceptors (Lipinski definition) is 4. The molecule has 5 rings (SSSR count). The number of carbonyl (C=O) groups excluding carboxylic acids is 1. The Balaban J connectivity index is 1.59. The summed E-state index contributed by atoms with van der Waals surface area (Å²) in [6.45, 7) is 1.42. The first-order valence-corrected chi connectivity index (χ1v) is 10.5. The van der Waals surface area contributed by atoms with E-state index in [4.69, 9.17) is 5.73 Å². The van der Waals surface area contributed by atoms with Crippen molar-refractivity contribution in [2.75, 3.05) is 18.8 Å². The van der Waals surface area contributed by atoms with Gasteiger partial charge in [-0.2, -0.15) is 13.2 Å². The van der Waals surface area contributed by atoms with Gasteiger partial charge in [0.25, 0.3) is 11.5 Å². The Hall–Kier alpha value is -3.82. The van der Waals surface area contributed by atoms with E-state index in [0.29, 0.717) is 29.6 Å². The number of H-pyrrole nitrogens is 2. The number of amides is 1. The normalized spacial score (nSPS) is 14.8. The Kier molecular flexibility index (Phi) is 4.88. The molecule has 4 aromatic rings. The molecule has 1 saturated heterocycles. The number of benzene rings is 2. The molecule has 2 aromatic carbocycles. The molecule has 1 aliphatic heterocycles. The van der Waals surface area contributed by atoms with E-state index < -0.39 is 17.3 Å². The zero-order valence-corrected chi connectivity index (χ0v) is 17.4. The predicted octanol–water partition coefficient (Wildman–Crippen LogP) is 4.30. The number of aromatic amines is 2. The first kappa shape index (κ1) is 21.0. The van der Waals surface area contributed by atoms with Gasteiger partial charge in [0.05, 0.1) is 28.0 Å². The number of carbonyl (C=O) groups is 1.